The Kier molecular flexibility index (Phi) is 5.99. The first-order valence-electron chi connectivity index (χ1n) is 10.5. The number of oxazole rings is 1. The number of hydrogen-bond donors (Lipinski definition) is 0. The molecule has 158 valence electrons. The average molecular weight is 409 g/mol. The van der Waals surface area contributed by atoms with Crippen LogP contribution in [0.2, 0.25) is 0 Å². The van der Waals surface area contributed by atoms with Crippen molar-refractivity contribution in [2.24, 2.45) is 0 Å². The van der Waals surface area contributed by atoms with Crippen molar-refractivity contribution in [3.8, 4) is 11.6 Å². The number of fused-ring (bicyclic) bond motifs is 1. The molecule has 1 aliphatic heterocycles. The van der Waals surface area contributed by atoms with Gasteiger partial charge in [-0.25, -0.2) is 4.98 Å². The number of ether oxygens (including phenoxy) is 1. The smallest absolute Gasteiger partial charge is 0.247 e. The quantitative estimate of drug-likeness (QED) is 0.561. The molecule has 0 saturated heterocycles. The highest BCUT2D eigenvalue weighted by Crippen LogP contribution is 2.30. The monoisotopic (exact) mass is 408 g/mol. The molecule has 7 heteroatoms. The maximum absolute atomic E-state index is 13.0. The molecule has 0 unspecified atom stereocenters. The van der Waals surface area contributed by atoms with Gasteiger partial charge in [0.1, 0.15) is 5.76 Å². The van der Waals surface area contributed by atoms with Gasteiger partial charge in [-0.15, -0.1) is 0 Å². The van der Waals surface area contributed by atoms with Crippen LogP contribution >= 0.6 is 0 Å². The molecule has 0 radical (unpaired) electrons. The fourth-order valence-electron chi connectivity index (χ4n) is 3.90. The topological polar surface area (TPSA) is 73.4 Å². The first-order chi connectivity index (χ1) is 14.6. The molecule has 0 atom stereocenters. The Morgan fingerprint density at radius 2 is 2.10 bits per heavy atom. The molecule has 2 aromatic heterocycles. The van der Waals surface area contributed by atoms with Gasteiger partial charge in [0.25, 0.3) is 0 Å². The van der Waals surface area contributed by atoms with E-state index in [1.165, 1.54) is 0 Å². The Balaban J connectivity index is 1.59. The third-order valence-electron chi connectivity index (χ3n) is 5.57. The van der Waals surface area contributed by atoms with Crippen LogP contribution in [-0.2, 0) is 35.5 Å². The Bertz CT molecular complexity index is 1040. The van der Waals surface area contributed by atoms with E-state index < -0.39 is 0 Å². The van der Waals surface area contributed by atoms with Gasteiger partial charge < -0.3 is 14.1 Å². The van der Waals surface area contributed by atoms with Crippen LogP contribution in [0.3, 0.4) is 0 Å². The van der Waals surface area contributed by atoms with Crippen LogP contribution in [0.5, 0.6) is 0 Å². The van der Waals surface area contributed by atoms with Crippen LogP contribution < -0.4 is 0 Å². The van der Waals surface area contributed by atoms with Crippen molar-refractivity contribution in [2.75, 3.05) is 19.8 Å². The molecule has 7 nitrogen and oxygen atoms in total. The highest BCUT2D eigenvalue weighted by atomic mass is 16.5. The zero-order valence-electron chi connectivity index (χ0n) is 17.9. The Morgan fingerprint density at radius 3 is 2.83 bits per heavy atom. The molecule has 0 saturated carbocycles. The van der Waals surface area contributed by atoms with E-state index in [0.29, 0.717) is 45.2 Å². The average Bonchev–Trinajstić information content (AvgIpc) is 3.33. The minimum absolute atomic E-state index is 0.131. The largest absolute Gasteiger partial charge is 0.440 e. The number of carbonyl (C=O) groups excluding carboxylic acids is 1. The molecular weight excluding hydrogens is 380 g/mol. The van der Waals surface area contributed by atoms with Crippen LogP contribution in [-0.4, -0.2) is 45.3 Å². The van der Waals surface area contributed by atoms with Crippen LogP contribution in [0.1, 0.15) is 35.1 Å². The first-order valence-corrected chi connectivity index (χ1v) is 10.5. The highest BCUT2D eigenvalue weighted by Gasteiger charge is 2.29. The molecule has 4 rings (SSSR count). The molecule has 0 bridgehead atoms. The van der Waals surface area contributed by atoms with E-state index in [9.17, 15) is 4.79 Å². The highest BCUT2D eigenvalue weighted by molar-refractivity contribution is 5.79. The third kappa shape index (κ3) is 4.16. The molecule has 0 spiro atoms. The number of nitrogens with zero attached hydrogens (tertiary/aromatic N) is 4. The summed E-state index contributed by atoms with van der Waals surface area (Å²) in [5.74, 6) is 1.38. The van der Waals surface area contributed by atoms with E-state index in [-0.39, 0.29) is 5.91 Å². The summed E-state index contributed by atoms with van der Waals surface area (Å²) < 4.78 is 13.3. The number of carbonyl (C=O) groups is 1. The van der Waals surface area contributed by atoms with Gasteiger partial charge in [-0.1, -0.05) is 24.3 Å². The number of hydrogen-bond acceptors (Lipinski definition) is 5. The van der Waals surface area contributed by atoms with Gasteiger partial charge in [0, 0.05) is 37.4 Å². The fraction of sp³-hybridized carbons (Fsp3) is 0.435. The summed E-state index contributed by atoms with van der Waals surface area (Å²) in [5.41, 5.74) is 5.11. The van der Waals surface area contributed by atoms with E-state index in [4.69, 9.17) is 14.3 Å². The Labute approximate surface area is 176 Å². The second kappa shape index (κ2) is 8.83. The van der Waals surface area contributed by atoms with E-state index in [1.807, 2.05) is 54.6 Å². The number of benzene rings is 1. The van der Waals surface area contributed by atoms with Crippen molar-refractivity contribution in [2.45, 2.75) is 46.7 Å². The van der Waals surface area contributed by atoms with E-state index in [0.717, 1.165) is 40.3 Å². The van der Waals surface area contributed by atoms with Crippen molar-refractivity contribution in [1.82, 2.24) is 19.7 Å². The second-order valence-electron chi connectivity index (χ2n) is 7.64. The van der Waals surface area contributed by atoms with E-state index in [2.05, 4.69) is 4.98 Å². The molecule has 0 N–H and O–H groups in total. The Hall–Kier alpha value is -2.93. The predicted octanol–water partition coefficient (Wildman–Crippen LogP) is 3.32. The van der Waals surface area contributed by atoms with Gasteiger partial charge in [-0.05, 0) is 31.9 Å². The standard InChI is InChI=1S/C23H28N4O3/c1-4-29-12-11-27-20-9-10-26(21(28)13-18-8-6-5-7-16(18)2)15-19(20)22(25-27)23-24-14-17(3)30-23/h5-8,14H,4,9-13,15H2,1-3H3. The van der Waals surface area contributed by atoms with Crippen LogP contribution in [0.25, 0.3) is 11.6 Å². The van der Waals surface area contributed by atoms with Gasteiger partial charge in [0.2, 0.25) is 11.8 Å². The molecule has 1 amide bonds. The molecule has 30 heavy (non-hydrogen) atoms. The summed E-state index contributed by atoms with van der Waals surface area (Å²) in [4.78, 5) is 19.3. The van der Waals surface area contributed by atoms with Crippen LogP contribution in [0, 0.1) is 13.8 Å². The van der Waals surface area contributed by atoms with Gasteiger partial charge in [-0.2, -0.15) is 5.10 Å². The summed E-state index contributed by atoms with van der Waals surface area (Å²) in [7, 11) is 0. The lowest BCUT2D eigenvalue weighted by atomic mass is 10.0. The summed E-state index contributed by atoms with van der Waals surface area (Å²) >= 11 is 0. The predicted molar refractivity (Wildman–Crippen MR) is 113 cm³/mol. The molecule has 0 fully saturated rings. The lowest BCUT2D eigenvalue weighted by Gasteiger charge is -2.28. The SMILES string of the molecule is CCOCCn1nc(-c2ncc(C)o2)c2c1CCN(C(=O)Cc1ccccc1C)C2. The normalized spacial score (nSPS) is 13.5. The molecule has 3 heterocycles. The zero-order valence-corrected chi connectivity index (χ0v) is 17.9. The summed E-state index contributed by atoms with van der Waals surface area (Å²) in [6, 6.07) is 8.05. The van der Waals surface area contributed by atoms with Crippen molar-refractivity contribution in [1.29, 1.82) is 0 Å². The van der Waals surface area contributed by atoms with Gasteiger partial charge in [-0.3, -0.25) is 9.48 Å². The second-order valence-corrected chi connectivity index (χ2v) is 7.64. The van der Waals surface area contributed by atoms with Crippen molar-refractivity contribution >= 4 is 5.91 Å². The third-order valence-corrected chi connectivity index (χ3v) is 5.57. The number of rotatable bonds is 7. The number of amides is 1. The lowest BCUT2D eigenvalue weighted by molar-refractivity contribution is -0.131. The summed E-state index contributed by atoms with van der Waals surface area (Å²) in [6.45, 7) is 9.05. The summed E-state index contributed by atoms with van der Waals surface area (Å²) in [5, 5.41) is 4.78. The van der Waals surface area contributed by atoms with Crippen LogP contribution in [0.15, 0.2) is 34.9 Å². The minimum Gasteiger partial charge on any atom is -0.440 e. The summed E-state index contributed by atoms with van der Waals surface area (Å²) in [6.07, 6.45) is 2.87. The van der Waals surface area contributed by atoms with Crippen LogP contribution in [0.4, 0.5) is 0 Å². The van der Waals surface area contributed by atoms with Gasteiger partial charge in [0.05, 0.1) is 25.8 Å². The molecule has 0 aliphatic carbocycles. The maximum atomic E-state index is 13.0. The van der Waals surface area contributed by atoms with E-state index >= 15 is 0 Å². The first kappa shape index (κ1) is 20.3. The molecular formula is C23H28N4O3. The minimum atomic E-state index is 0.131. The van der Waals surface area contributed by atoms with Crippen molar-refractivity contribution in [3.63, 3.8) is 0 Å². The Morgan fingerprint density at radius 1 is 1.27 bits per heavy atom. The molecule has 1 aliphatic rings. The van der Waals surface area contributed by atoms with Gasteiger partial charge in [0.15, 0.2) is 5.69 Å². The zero-order chi connectivity index (χ0) is 21.1. The molecule has 1 aromatic carbocycles. The fourth-order valence-corrected chi connectivity index (χ4v) is 3.90. The van der Waals surface area contributed by atoms with E-state index in [1.54, 1.807) is 6.20 Å². The lowest BCUT2D eigenvalue weighted by Crippen LogP contribution is -2.37. The maximum Gasteiger partial charge on any atom is 0.247 e. The van der Waals surface area contributed by atoms with Gasteiger partial charge >= 0.3 is 0 Å². The number of aryl methyl sites for hydroxylation is 2. The molecule has 3 aromatic rings. The van der Waals surface area contributed by atoms with Crippen molar-refractivity contribution in [3.05, 3.63) is 58.6 Å². The van der Waals surface area contributed by atoms with Crippen molar-refractivity contribution < 1.29 is 13.9 Å². The number of aromatic nitrogens is 3.